The van der Waals surface area contributed by atoms with Gasteiger partial charge >= 0.3 is 0 Å². The maximum atomic E-state index is 6.04. The lowest BCUT2D eigenvalue weighted by Gasteiger charge is -2.10. The third-order valence-electron chi connectivity index (χ3n) is 5.85. The molecule has 1 atom stereocenters. The van der Waals surface area contributed by atoms with E-state index >= 15 is 0 Å². The normalized spacial score (nSPS) is 12.6. The third-order valence-corrected chi connectivity index (χ3v) is 5.85. The molecule has 2 aromatic heterocycles. The summed E-state index contributed by atoms with van der Waals surface area (Å²) in [6, 6.07) is 13.6. The molecule has 2 aromatic carbocycles. The number of nitrogens with one attached hydrogen (secondary N) is 1. The van der Waals surface area contributed by atoms with Gasteiger partial charge in [-0.25, -0.2) is 4.98 Å². The number of aryl methyl sites for hydroxylation is 4. The molecule has 0 saturated carbocycles. The number of nitrogens with zero attached hydrogens (tertiary/aromatic N) is 2. The SMILES string of the molecule is Cc1cc(C)cc(-c2c(CCN)c3cc(C(C)c4ncc(C)[nH]4)ccc3n2C)c1. The van der Waals surface area contributed by atoms with Crippen molar-refractivity contribution in [3.8, 4) is 11.3 Å². The highest BCUT2D eigenvalue weighted by molar-refractivity contribution is 5.92. The lowest BCUT2D eigenvalue weighted by molar-refractivity contribution is 0.838. The zero-order chi connectivity index (χ0) is 20.7. The molecule has 4 heteroatoms. The van der Waals surface area contributed by atoms with Crippen molar-refractivity contribution < 1.29 is 0 Å². The fourth-order valence-corrected chi connectivity index (χ4v) is 4.50. The van der Waals surface area contributed by atoms with Crippen LogP contribution in [0.3, 0.4) is 0 Å². The van der Waals surface area contributed by atoms with Gasteiger partial charge in [0.05, 0.1) is 5.69 Å². The number of aromatic amines is 1. The Balaban J connectivity index is 1.91. The quantitative estimate of drug-likeness (QED) is 0.498. The van der Waals surface area contributed by atoms with Gasteiger partial charge in [-0.05, 0) is 74.7 Å². The number of imidazole rings is 1. The van der Waals surface area contributed by atoms with E-state index < -0.39 is 0 Å². The van der Waals surface area contributed by atoms with Crippen molar-refractivity contribution in [1.82, 2.24) is 14.5 Å². The summed E-state index contributed by atoms with van der Waals surface area (Å²) in [5, 5.41) is 1.29. The Hall–Kier alpha value is -2.85. The Labute approximate surface area is 172 Å². The van der Waals surface area contributed by atoms with Gasteiger partial charge in [-0.2, -0.15) is 0 Å². The monoisotopic (exact) mass is 386 g/mol. The highest BCUT2D eigenvalue weighted by Gasteiger charge is 2.19. The number of H-pyrrole nitrogens is 1. The van der Waals surface area contributed by atoms with E-state index in [-0.39, 0.29) is 5.92 Å². The topological polar surface area (TPSA) is 59.6 Å². The number of hydrogen-bond acceptors (Lipinski definition) is 2. The van der Waals surface area contributed by atoms with Crippen molar-refractivity contribution in [3.05, 3.63) is 76.4 Å². The van der Waals surface area contributed by atoms with E-state index in [4.69, 9.17) is 5.73 Å². The molecular weight excluding hydrogens is 356 g/mol. The molecule has 3 N–H and O–H groups in total. The maximum absolute atomic E-state index is 6.04. The molecule has 150 valence electrons. The molecule has 0 aliphatic carbocycles. The first-order chi connectivity index (χ1) is 13.9. The van der Waals surface area contributed by atoms with Crippen LogP contribution < -0.4 is 5.73 Å². The van der Waals surface area contributed by atoms with Gasteiger partial charge in [0.25, 0.3) is 0 Å². The van der Waals surface area contributed by atoms with Crippen molar-refractivity contribution >= 4 is 10.9 Å². The van der Waals surface area contributed by atoms with E-state index in [0.29, 0.717) is 6.54 Å². The van der Waals surface area contributed by atoms with Crippen LogP contribution in [0.5, 0.6) is 0 Å². The summed E-state index contributed by atoms with van der Waals surface area (Å²) < 4.78 is 2.32. The minimum atomic E-state index is 0.212. The lowest BCUT2D eigenvalue weighted by Crippen LogP contribution is -2.04. The van der Waals surface area contributed by atoms with Crippen molar-refractivity contribution in [2.75, 3.05) is 6.54 Å². The molecule has 0 amide bonds. The second-order valence-electron chi connectivity index (χ2n) is 8.25. The van der Waals surface area contributed by atoms with E-state index in [1.807, 2.05) is 13.1 Å². The minimum Gasteiger partial charge on any atom is -0.346 e. The average molecular weight is 387 g/mol. The molecule has 0 fully saturated rings. The molecule has 4 rings (SSSR count). The predicted molar refractivity (Wildman–Crippen MR) is 121 cm³/mol. The highest BCUT2D eigenvalue weighted by Crippen LogP contribution is 2.36. The van der Waals surface area contributed by atoms with Crippen molar-refractivity contribution in [3.63, 3.8) is 0 Å². The molecule has 0 bridgehead atoms. The standard InChI is InChI=1S/C25H30N4/c1-15-10-16(2)12-20(11-15)24-21(8-9-26)22-13-19(6-7-23(22)29(24)5)18(4)25-27-14-17(3)28-25/h6-7,10-14,18H,8-9,26H2,1-5H3,(H,27,28). The van der Waals surface area contributed by atoms with Crippen LogP contribution in [-0.2, 0) is 13.5 Å². The number of rotatable bonds is 5. The Kier molecular flexibility index (Phi) is 5.05. The summed E-state index contributed by atoms with van der Waals surface area (Å²) in [6.45, 7) is 9.20. The number of hydrogen-bond donors (Lipinski definition) is 2. The van der Waals surface area contributed by atoms with Gasteiger partial charge in [0, 0.05) is 35.8 Å². The van der Waals surface area contributed by atoms with Gasteiger partial charge < -0.3 is 15.3 Å². The van der Waals surface area contributed by atoms with Crippen molar-refractivity contribution in [1.29, 1.82) is 0 Å². The van der Waals surface area contributed by atoms with E-state index in [2.05, 4.69) is 78.8 Å². The van der Waals surface area contributed by atoms with Crippen molar-refractivity contribution in [2.45, 2.75) is 40.0 Å². The van der Waals surface area contributed by atoms with E-state index in [1.54, 1.807) is 0 Å². The maximum Gasteiger partial charge on any atom is 0.113 e. The molecule has 4 nitrogen and oxygen atoms in total. The molecule has 0 spiro atoms. The number of benzene rings is 2. The van der Waals surface area contributed by atoms with Gasteiger partial charge in [-0.3, -0.25) is 0 Å². The second kappa shape index (κ2) is 7.53. The summed E-state index contributed by atoms with van der Waals surface area (Å²) in [5.74, 6) is 1.22. The smallest absolute Gasteiger partial charge is 0.113 e. The summed E-state index contributed by atoms with van der Waals surface area (Å²) in [4.78, 5) is 7.92. The van der Waals surface area contributed by atoms with Gasteiger partial charge in [0.15, 0.2) is 0 Å². The number of aromatic nitrogens is 3. The summed E-state index contributed by atoms with van der Waals surface area (Å²) in [5.41, 5.74) is 16.1. The molecule has 0 saturated heterocycles. The summed E-state index contributed by atoms with van der Waals surface area (Å²) in [6.07, 6.45) is 2.75. The van der Waals surface area contributed by atoms with E-state index in [9.17, 15) is 0 Å². The zero-order valence-electron chi connectivity index (χ0n) is 18.0. The van der Waals surface area contributed by atoms with Crippen LogP contribution in [0.1, 0.15) is 46.6 Å². The molecule has 0 radical (unpaired) electrons. The van der Waals surface area contributed by atoms with Crippen LogP contribution in [0, 0.1) is 20.8 Å². The molecule has 29 heavy (non-hydrogen) atoms. The molecule has 4 aromatic rings. The van der Waals surface area contributed by atoms with Crippen LogP contribution >= 0.6 is 0 Å². The van der Waals surface area contributed by atoms with Crippen LogP contribution in [0.4, 0.5) is 0 Å². The fraction of sp³-hybridized carbons (Fsp3) is 0.320. The van der Waals surface area contributed by atoms with Gasteiger partial charge in [0.1, 0.15) is 5.82 Å². The highest BCUT2D eigenvalue weighted by atomic mass is 15.0. The van der Waals surface area contributed by atoms with Gasteiger partial charge in [-0.15, -0.1) is 0 Å². The van der Waals surface area contributed by atoms with E-state index in [1.165, 1.54) is 44.4 Å². The first-order valence-corrected chi connectivity index (χ1v) is 10.3. The molecule has 0 aliphatic rings. The summed E-state index contributed by atoms with van der Waals surface area (Å²) in [7, 11) is 2.16. The average Bonchev–Trinajstić information content (AvgIpc) is 3.22. The van der Waals surface area contributed by atoms with Crippen LogP contribution in [0.15, 0.2) is 42.6 Å². The van der Waals surface area contributed by atoms with Crippen LogP contribution in [0.25, 0.3) is 22.2 Å². The largest absolute Gasteiger partial charge is 0.346 e. The molecule has 2 heterocycles. The molecule has 1 unspecified atom stereocenters. The molecular formula is C25H30N4. The first kappa shape index (κ1) is 19.5. The first-order valence-electron chi connectivity index (χ1n) is 10.3. The van der Waals surface area contributed by atoms with Crippen LogP contribution in [0.2, 0.25) is 0 Å². The zero-order valence-corrected chi connectivity index (χ0v) is 18.0. The van der Waals surface area contributed by atoms with E-state index in [0.717, 1.165) is 17.9 Å². The van der Waals surface area contributed by atoms with Gasteiger partial charge in [-0.1, -0.05) is 30.2 Å². The predicted octanol–water partition coefficient (Wildman–Crippen LogP) is 5.15. The number of fused-ring (bicyclic) bond motifs is 1. The molecule has 0 aliphatic heterocycles. The Morgan fingerprint density at radius 2 is 1.79 bits per heavy atom. The third kappa shape index (κ3) is 3.49. The Bertz CT molecular complexity index is 1160. The Morgan fingerprint density at radius 1 is 1.07 bits per heavy atom. The summed E-state index contributed by atoms with van der Waals surface area (Å²) >= 11 is 0. The van der Waals surface area contributed by atoms with Crippen molar-refractivity contribution in [2.24, 2.45) is 12.8 Å². The number of nitrogens with two attached hydrogens (primary N) is 1. The van der Waals surface area contributed by atoms with Crippen LogP contribution in [-0.4, -0.2) is 21.1 Å². The Morgan fingerprint density at radius 3 is 2.41 bits per heavy atom. The fourth-order valence-electron chi connectivity index (χ4n) is 4.50. The minimum absolute atomic E-state index is 0.212. The second-order valence-corrected chi connectivity index (χ2v) is 8.25. The lowest BCUT2D eigenvalue weighted by atomic mass is 9.95. The van der Waals surface area contributed by atoms with Gasteiger partial charge in [0.2, 0.25) is 0 Å².